The third-order valence-electron chi connectivity index (χ3n) is 3.27. The number of aromatic nitrogens is 3. The normalized spacial score (nSPS) is 15.2. The number of hydrogen-bond donors (Lipinski definition) is 0. The van der Waals surface area contributed by atoms with E-state index in [2.05, 4.69) is 26.0 Å². The third kappa shape index (κ3) is 2.19. The highest BCUT2D eigenvalue weighted by Crippen LogP contribution is 2.28. The van der Waals surface area contributed by atoms with Crippen LogP contribution < -0.4 is 0 Å². The van der Waals surface area contributed by atoms with E-state index in [1.807, 2.05) is 12.1 Å². The van der Waals surface area contributed by atoms with Crippen molar-refractivity contribution in [1.29, 1.82) is 0 Å². The Hall–Kier alpha value is -0.870. The van der Waals surface area contributed by atoms with Gasteiger partial charge in [0, 0.05) is 16.2 Å². The maximum absolute atomic E-state index is 6.44. The first-order chi connectivity index (χ1) is 8.75. The first-order valence-electron chi connectivity index (χ1n) is 6.14. The van der Waals surface area contributed by atoms with Crippen LogP contribution in [0, 0.1) is 0 Å². The van der Waals surface area contributed by atoms with Crippen molar-refractivity contribution >= 4 is 27.5 Å². The monoisotopic (exact) mass is 325 g/mol. The molecular formula is C13H13BrClN3. The molecule has 94 valence electrons. The Morgan fingerprint density at radius 1 is 1.17 bits per heavy atom. The van der Waals surface area contributed by atoms with Crippen LogP contribution in [0.1, 0.15) is 30.5 Å². The van der Waals surface area contributed by atoms with Crippen LogP contribution in [0.3, 0.4) is 0 Å². The summed E-state index contributed by atoms with van der Waals surface area (Å²) in [7, 11) is 0. The molecule has 0 saturated carbocycles. The Labute approximate surface area is 119 Å². The lowest BCUT2D eigenvalue weighted by molar-refractivity contribution is 0.692. The SMILES string of the molecule is Clc1c2c(nn1-c1ccc(Br)cn1)CCCCC2. The smallest absolute Gasteiger partial charge is 0.155 e. The molecular weight excluding hydrogens is 314 g/mol. The van der Waals surface area contributed by atoms with Crippen molar-refractivity contribution in [3.8, 4) is 5.82 Å². The molecule has 18 heavy (non-hydrogen) atoms. The molecule has 3 rings (SSSR count). The molecule has 0 spiro atoms. The molecule has 2 heterocycles. The maximum Gasteiger partial charge on any atom is 0.155 e. The van der Waals surface area contributed by atoms with E-state index >= 15 is 0 Å². The molecule has 0 bridgehead atoms. The van der Waals surface area contributed by atoms with Gasteiger partial charge in [-0.05, 0) is 53.7 Å². The Balaban J connectivity index is 2.05. The summed E-state index contributed by atoms with van der Waals surface area (Å²) >= 11 is 9.82. The van der Waals surface area contributed by atoms with Crippen molar-refractivity contribution in [3.05, 3.63) is 39.2 Å². The van der Waals surface area contributed by atoms with Crippen LogP contribution in [-0.2, 0) is 12.8 Å². The van der Waals surface area contributed by atoms with E-state index in [-0.39, 0.29) is 0 Å². The zero-order valence-electron chi connectivity index (χ0n) is 9.87. The molecule has 0 atom stereocenters. The van der Waals surface area contributed by atoms with Crippen LogP contribution in [0.2, 0.25) is 5.15 Å². The first-order valence-corrected chi connectivity index (χ1v) is 7.31. The van der Waals surface area contributed by atoms with Gasteiger partial charge in [0.25, 0.3) is 0 Å². The van der Waals surface area contributed by atoms with Gasteiger partial charge in [0.1, 0.15) is 5.15 Å². The fourth-order valence-electron chi connectivity index (χ4n) is 2.34. The van der Waals surface area contributed by atoms with Crippen molar-refractivity contribution in [2.24, 2.45) is 0 Å². The number of nitrogens with zero attached hydrogens (tertiary/aromatic N) is 3. The number of aryl methyl sites for hydroxylation is 1. The molecule has 0 saturated heterocycles. The van der Waals surface area contributed by atoms with Crippen LogP contribution in [-0.4, -0.2) is 14.8 Å². The second-order valence-electron chi connectivity index (χ2n) is 4.52. The number of rotatable bonds is 1. The predicted octanol–water partition coefficient (Wildman–Crippen LogP) is 3.95. The van der Waals surface area contributed by atoms with Crippen LogP contribution >= 0.6 is 27.5 Å². The van der Waals surface area contributed by atoms with Crippen LogP contribution in [0.4, 0.5) is 0 Å². The molecule has 0 aliphatic heterocycles. The fraction of sp³-hybridized carbons (Fsp3) is 0.385. The van der Waals surface area contributed by atoms with Crippen LogP contribution in [0.25, 0.3) is 5.82 Å². The van der Waals surface area contributed by atoms with E-state index in [9.17, 15) is 0 Å². The molecule has 0 fully saturated rings. The van der Waals surface area contributed by atoms with E-state index in [4.69, 9.17) is 11.6 Å². The Kier molecular flexibility index (Phi) is 3.39. The fourth-order valence-corrected chi connectivity index (χ4v) is 2.90. The highest BCUT2D eigenvalue weighted by molar-refractivity contribution is 9.10. The summed E-state index contributed by atoms with van der Waals surface area (Å²) in [5.74, 6) is 0.774. The van der Waals surface area contributed by atoms with E-state index in [0.717, 1.165) is 34.0 Å². The lowest BCUT2D eigenvalue weighted by atomic mass is 10.1. The molecule has 3 nitrogen and oxygen atoms in total. The molecule has 0 amide bonds. The summed E-state index contributed by atoms with van der Waals surface area (Å²) in [6, 6.07) is 3.87. The second kappa shape index (κ2) is 5.02. The topological polar surface area (TPSA) is 30.7 Å². The zero-order chi connectivity index (χ0) is 12.5. The Morgan fingerprint density at radius 3 is 2.78 bits per heavy atom. The number of hydrogen-bond acceptors (Lipinski definition) is 2. The quantitative estimate of drug-likeness (QED) is 0.743. The van der Waals surface area contributed by atoms with Gasteiger partial charge in [-0.1, -0.05) is 18.0 Å². The lowest BCUT2D eigenvalue weighted by Crippen LogP contribution is -2.00. The summed E-state index contributed by atoms with van der Waals surface area (Å²) in [5.41, 5.74) is 2.35. The molecule has 0 unspecified atom stereocenters. The average Bonchev–Trinajstić information content (AvgIpc) is 2.57. The molecule has 1 aliphatic carbocycles. The van der Waals surface area contributed by atoms with Gasteiger partial charge < -0.3 is 0 Å². The van der Waals surface area contributed by atoms with Crippen molar-refractivity contribution in [2.75, 3.05) is 0 Å². The van der Waals surface area contributed by atoms with Gasteiger partial charge >= 0.3 is 0 Å². The molecule has 0 N–H and O–H groups in total. The molecule has 2 aromatic heterocycles. The van der Waals surface area contributed by atoms with Gasteiger partial charge in [-0.25, -0.2) is 9.67 Å². The number of pyridine rings is 1. The van der Waals surface area contributed by atoms with Gasteiger partial charge in [-0.15, -0.1) is 0 Å². The summed E-state index contributed by atoms with van der Waals surface area (Å²) in [6.07, 6.45) is 7.49. The molecule has 5 heteroatoms. The van der Waals surface area contributed by atoms with E-state index in [0.29, 0.717) is 0 Å². The van der Waals surface area contributed by atoms with Gasteiger partial charge in [0.2, 0.25) is 0 Å². The zero-order valence-corrected chi connectivity index (χ0v) is 12.2. The Morgan fingerprint density at radius 2 is 2.00 bits per heavy atom. The third-order valence-corrected chi connectivity index (χ3v) is 4.13. The van der Waals surface area contributed by atoms with Crippen molar-refractivity contribution in [2.45, 2.75) is 32.1 Å². The van der Waals surface area contributed by atoms with Gasteiger partial charge in [-0.2, -0.15) is 5.10 Å². The molecule has 0 aromatic carbocycles. The minimum atomic E-state index is 0.724. The lowest BCUT2D eigenvalue weighted by Gasteiger charge is -2.03. The minimum Gasteiger partial charge on any atom is -0.236 e. The average molecular weight is 327 g/mol. The van der Waals surface area contributed by atoms with Crippen LogP contribution in [0.15, 0.2) is 22.8 Å². The van der Waals surface area contributed by atoms with Crippen molar-refractivity contribution < 1.29 is 0 Å². The molecule has 2 aromatic rings. The van der Waals surface area contributed by atoms with E-state index < -0.39 is 0 Å². The van der Waals surface area contributed by atoms with E-state index in [1.54, 1.807) is 10.9 Å². The van der Waals surface area contributed by atoms with Gasteiger partial charge in [0.05, 0.1) is 5.69 Å². The second-order valence-corrected chi connectivity index (χ2v) is 5.80. The van der Waals surface area contributed by atoms with Crippen molar-refractivity contribution in [1.82, 2.24) is 14.8 Å². The molecule has 1 aliphatic rings. The number of halogens is 2. The minimum absolute atomic E-state index is 0.724. The van der Waals surface area contributed by atoms with Crippen molar-refractivity contribution in [3.63, 3.8) is 0 Å². The number of fused-ring (bicyclic) bond motifs is 1. The highest BCUT2D eigenvalue weighted by Gasteiger charge is 2.19. The Bertz CT molecular complexity index is 562. The summed E-state index contributed by atoms with van der Waals surface area (Å²) in [6.45, 7) is 0. The predicted molar refractivity (Wildman–Crippen MR) is 75.3 cm³/mol. The first kappa shape index (κ1) is 12.2. The maximum atomic E-state index is 6.44. The van der Waals surface area contributed by atoms with E-state index in [1.165, 1.54) is 24.8 Å². The van der Waals surface area contributed by atoms with Gasteiger partial charge in [0.15, 0.2) is 5.82 Å². The molecule has 0 radical (unpaired) electrons. The van der Waals surface area contributed by atoms with Gasteiger partial charge in [-0.3, -0.25) is 0 Å². The largest absolute Gasteiger partial charge is 0.236 e. The summed E-state index contributed by atoms with van der Waals surface area (Å²) in [5, 5.41) is 5.34. The summed E-state index contributed by atoms with van der Waals surface area (Å²) < 4.78 is 2.71. The highest BCUT2D eigenvalue weighted by atomic mass is 79.9. The standard InChI is InChI=1S/C13H13BrClN3/c14-9-6-7-12(16-8-9)18-13(15)10-4-2-1-3-5-11(10)17-18/h6-8H,1-5H2. The summed E-state index contributed by atoms with van der Waals surface area (Å²) in [4.78, 5) is 4.35. The van der Waals surface area contributed by atoms with Crippen LogP contribution in [0.5, 0.6) is 0 Å².